The zero-order valence-electron chi connectivity index (χ0n) is 12.9. The van der Waals surface area contributed by atoms with Gasteiger partial charge in [-0.1, -0.05) is 12.1 Å². The fourth-order valence-electron chi connectivity index (χ4n) is 2.82. The molecule has 0 radical (unpaired) electrons. The number of hydrogen-bond donors (Lipinski definition) is 1. The van der Waals surface area contributed by atoms with Crippen molar-refractivity contribution in [3.8, 4) is 0 Å². The maximum atomic E-state index is 5.46. The maximum absolute atomic E-state index is 5.46. The Balaban J connectivity index is 1.74. The van der Waals surface area contributed by atoms with E-state index in [-0.39, 0.29) is 0 Å². The highest BCUT2D eigenvalue weighted by Crippen LogP contribution is 2.23. The number of guanidine groups is 1. The molecule has 0 saturated carbocycles. The van der Waals surface area contributed by atoms with Gasteiger partial charge in [-0.25, -0.2) is 0 Å². The van der Waals surface area contributed by atoms with Crippen LogP contribution in [0.25, 0.3) is 0 Å². The van der Waals surface area contributed by atoms with Crippen LogP contribution in [-0.4, -0.2) is 57.3 Å². The molecule has 3 rings (SSSR count). The third kappa shape index (κ3) is 3.29. The van der Waals surface area contributed by atoms with E-state index in [0.29, 0.717) is 0 Å². The molecule has 2 aliphatic heterocycles. The van der Waals surface area contributed by atoms with Crippen molar-refractivity contribution in [2.75, 3.05) is 51.3 Å². The van der Waals surface area contributed by atoms with E-state index in [1.165, 1.54) is 16.8 Å². The van der Waals surface area contributed by atoms with Gasteiger partial charge in [0.25, 0.3) is 0 Å². The molecule has 1 aromatic rings. The molecule has 0 atom stereocenters. The summed E-state index contributed by atoms with van der Waals surface area (Å²) in [7, 11) is 2.08. The highest BCUT2D eigenvalue weighted by Gasteiger charge is 2.16. The second-order valence-electron chi connectivity index (χ2n) is 5.71. The molecule has 5 nitrogen and oxygen atoms in total. The molecule has 21 heavy (non-hydrogen) atoms. The van der Waals surface area contributed by atoms with Crippen molar-refractivity contribution < 1.29 is 4.74 Å². The van der Waals surface area contributed by atoms with E-state index in [1.807, 2.05) is 0 Å². The minimum Gasteiger partial charge on any atom is -0.378 e. The molecule has 0 aromatic heterocycles. The van der Waals surface area contributed by atoms with Crippen molar-refractivity contribution >= 4 is 11.6 Å². The van der Waals surface area contributed by atoms with Crippen molar-refractivity contribution in [2.24, 2.45) is 4.99 Å². The fourth-order valence-corrected chi connectivity index (χ4v) is 2.82. The fraction of sp³-hybridized carbons (Fsp3) is 0.562. The number of anilines is 1. The topological polar surface area (TPSA) is 40.1 Å². The molecule has 5 heteroatoms. The van der Waals surface area contributed by atoms with Crippen molar-refractivity contribution in [2.45, 2.75) is 13.5 Å². The van der Waals surface area contributed by atoms with Crippen LogP contribution < -0.4 is 10.2 Å². The molecule has 2 heterocycles. The molecule has 0 bridgehead atoms. The van der Waals surface area contributed by atoms with Crippen LogP contribution in [0.2, 0.25) is 0 Å². The number of aryl methyl sites for hydroxylation is 1. The summed E-state index contributed by atoms with van der Waals surface area (Å²) in [6.45, 7) is 8.43. The smallest absolute Gasteiger partial charge is 0.194 e. The number of rotatable bonds is 3. The molecular formula is C16H24N4O. The minimum absolute atomic E-state index is 0.816. The van der Waals surface area contributed by atoms with Gasteiger partial charge in [0.2, 0.25) is 0 Å². The zero-order chi connectivity index (χ0) is 14.7. The SMILES string of the molecule is Cc1ccc(CNC2=NCCN2C)c(N2CCOCC2)c1. The molecule has 114 valence electrons. The summed E-state index contributed by atoms with van der Waals surface area (Å²) in [5, 5.41) is 3.46. The standard InChI is InChI=1S/C16H24N4O/c1-13-3-4-14(12-18-16-17-5-6-19(16)2)15(11-13)20-7-9-21-10-8-20/h3-4,11H,5-10,12H2,1-2H3,(H,17,18). The second-order valence-corrected chi connectivity index (χ2v) is 5.71. The predicted molar refractivity (Wildman–Crippen MR) is 86.0 cm³/mol. The Hall–Kier alpha value is -1.75. The summed E-state index contributed by atoms with van der Waals surface area (Å²) in [5.41, 5.74) is 3.95. The quantitative estimate of drug-likeness (QED) is 0.908. The first-order valence-corrected chi connectivity index (χ1v) is 7.66. The molecular weight excluding hydrogens is 264 g/mol. The minimum atomic E-state index is 0.816. The van der Waals surface area contributed by atoms with Crippen LogP contribution in [0, 0.1) is 6.92 Å². The molecule has 1 saturated heterocycles. The van der Waals surface area contributed by atoms with Crippen LogP contribution >= 0.6 is 0 Å². The van der Waals surface area contributed by atoms with Crippen molar-refractivity contribution in [3.05, 3.63) is 29.3 Å². The van der Waals surface area contributed by atoms with Gasteiger partial charge >= 0.3 is 0 Å². The number of nitrogens with zero attached hydrogens (tertiary/aromatic N) is 3. The zero-order valence-corrected chi connectivity index (χ0v) is 12.9. The Morgan fingerprint density at radius 1 is 1.24 bits per heavy atom. The molecule has 2 aliphatic rings. The molecule has 1 aromatic carbocycles. The van der Waals surface area contributed by atoms with Gasteiger partial charge in [0.1, 0.15) is 0 Å². The monoisotopic (exact) mass is 288 g/mol. The van der Waals surface area contributed by atoms with Gasteiger partial charge in [-0.2, -0.15) is 0 Å². The maximum Gasteiger partial charge on any atom is 0.194 e. The molecule has 0 amide bonds. The van der Waals surface area contributed by atoms with Crippen LogP contribution in [0.1, 0.15) is 11.1 Å². The average Bonchev–Trinajstić information content (AvgIpc) is 2.92. The highest BCUT2D eigenvalue weighted by atomic mass is 16.5. The molecule has 1 fully saturated rings. The molecule has 0 spiro atoms. The first kappa shape index (κ1) is 14.2. The second kappa shape index (κ2) is 6.35. The number of likely N-dealkylation sites (N-methyl/N-ethyl adjacent to an activating group) is 1. The number of hydrogen-bond acceptors (Lipinski definition) is 5. The number of aliphatic imine (C=N–C) groups is 1. The van der Waals surface area contributed by atoms with Crippen LogP contribution in [0.3, 0.4) is 0 Å². The van der Waals surface area contributed by atoms with Gasteiger partial charge in [-0.05, 0) is 24.1 Å². The van der Waals surface area contributed by atoms with Crippen LogP contribution in [-0.2, 0) is 11.3 Å². The third-order valence-electron chi connectivity index (χ3n) is 4.09. The molecule has 1 N–H and O–H groups in total. The first-order chi connectivity index (χ1) is 10.2. The van der Waals surface area contributed by atoms with Crippen molar-refractivity contribution in [1.82, 2.24) is 10.2 Å². The van der Waals surface area contributed by atoms with Gasteiger partial charge in [-0.15, -0.1) is 0 Å². The summed E-state index contributed by atoms with van der Waals surface area (Å²) in [4.78, 5) is 9.08. The number of ether oxygens (including phenoxy) is 1. The lowest BCUT2D eigenvalue weighted by Crippen LogP contribution is -2.38. The van der Waals surface area contributed by atoms with E-state index in [9.17, 15) is 0 Å². The van der Waals surface area contributed by atoms with Crippen molar-refractivity contribution in [3.63, 3.8) is 0 Å². The lowest BCUT2D eigenvalue weighted by Gasteiger charge is -2.31. The Bertz CT molecular complexity index is 523. The van der Waals surface area contributed by atoms with Crippen LogP contribution in [0.5, 0.6) is 0 Å². The van der Waals surface area contributed by atoms with Gasteiger partial charge in [0.05, 0.1) is 19.8 Å². The third-order valence-corrected chi connectivity index (χ3v) is 4.09. The largest absolute Gasteiger partial charge is 0.378 e. The summed E-state index contributed by atoms with van der Waals surface area (Å²) in [6.07, 6.45) is 0. The Kier molecular flexibility index (Phi) is 4.29. The van der Waals surface area contributed by atoms with Gasteiger partial charge < -0.3 is 19.9 Å². The van der Waals surface area contributed by atoms with Gasteiger partial charge in [0.15, 0.2) is 5.96 Å². The van der Waals surface area contributed by atoms with Gasteiger partial charge in [0, 0.05) is 38.9 Å². The molecule has 0 unspecified atom stereocenters. The number of nitrogens with one attached hydrogen (secondary N) is 1. The summed E-state index contributed by atoms with van der Waals surface area (Å²) in [6, 6.07) is 6.69. The van der Waals surface area contributed by atoms with Crippen LogP contribution in [0.15, 0.2) is 23.2 Å². The lowest BCUT2D eigenvalue weighted by atomic mass is 10.1. The average molecular weight is 288 g/mol. The predicted octanol–water partition coefficient (Wildman–Crippen LogP) is 1.22. The Morgan fingerprint density at radius 2 is 2.05 bits per heavy atom. The van der Waals surface area contributed by atoms with E-state index >= 15 is 0 Å². The normalized spacial score (nSPS) is 18.9. The van der Waals surface area contributed by atoms with E-state index in [0.717, 1.165) is 51.9 Å². The van der Waals surface area contributed by atoms with E-state index < -0.39 is 0 Å². The Morgan fingerprint density at radius 3 is 2.76 bits per heavy atom. The van der Waals surface area contributed by atoms with Gasteiger partial charge in [-0.3, -0.25) is 4.99 Å². The summed E-state index contributed by atoms with van der Waals surface area (Å²) < 4.78 is 5.46. The Labute approximate surface area is 126 Å². The molecule has 0 aliphatic carbocycles. The van der Waals surface area contributed by atoms with Crippen LogP contribution in [0.4, 0.5) is 5.69 Å². The van der Waals surface area contributed by atoms with Crippen molar-refractivity contribution in [1.29, 1.82) is 0 Å². The number of benzene rings is 1. The number of morpholine rings is 1. The summed E-state index contributed by atoms with van der Waals surface area (Å²) in [5.74, 6) is 1.00. The van der Waals surface area contributed by atoms with E-state index in [4.69, 9.17) is 4.74 Å². The highest BCUT2D eigenvalue weighted by molar-refractivity contribution is 5.81. The van der Waals surface area contributed by atoms with E-state index in [1.54, 1.807) is 0 Å². The first-order valence-electron chi connectivity index (χ1n) is 7.66. The summed E-state index contributed by atoms with van der Waals surface area (Å²) >= 11 is 0. The van der Waals surface area contributed by atoms with E-state index in [2.05, 4.69) is 52.3 Å². The lowest BCUT2D eigenvalue weighted by molar-refractivity contribution is 0.122.